The molecule has 0 spiro atoms. The highest BCUT2D eigenvalue weighted by atomic mass is 19.1. The third kappa shape index (κ3) is 3.47. The summed E-state index contributed by atoms with van der Waals surface area (Å²) in [6.45, 7) is 6.37. The van der Waals surface area contributed by atoms with E-state index in [0.717, 1.165) is 18.2 Å². The Morgan fingerprint density at radius 1 is 1.33 bits per heavy atom. The highest BCUT2D eigenvalue weighted by Crippen LogP contribution is 2.24. The zero-order valence-electron chi connectivity index (χ0n) is 12.5. The van der Waals surface area contributed by atoms with Crippen LogP contribution in [-0.4, -0.2) is 42.5 Å². The van der Waals surface area contributed by atoms with Crippen molar-refractivity contribution in [1.82, 2.24) is 4.90 Å². The Morgan fingerprint density at radius 3 is 2.62 bits per heavy atom. The van der Waals surface area contributed by atoms with Gasteiger partial charge in [-0.3, -0.25) is 9.69 Å². The van der Waals surface area contributed by atoms with Gasteiger partial charge in [0.25, 0.3) is 0 Å². The van der Waals surface area contributed by atoms with E-state index in [-0.39, 0.29) is 17.8 Å². The molecule has 0 aliphatic carbocycles. The van der Waals surface area contributed by atoms with Gasteiger partial charge in [-0.25, -0.2) is 8.78 Å². The standard InChI is InChI=1S/C16H21F2NO2/c1-3-16(2,19-6-8-21-9-7-19)15(20)11-12-10-13(17)4-5-14(12)18/h4-5,10H,3,6-9,11H2,1-2H3. The number of halogens is 2. The minimum Gasteiger partial charge on any atom is -0.379 e. The van der Waals surface area contributed by atoms with Gasteiger partial charge < -0.3 is 4.74 Å². The van der Waals surface area contributed by atoms with E-state index < -0.39 is 17.2 Å². The molecule has 0 saturated carbocycles. The topological polar surface area (TPSA) is 29.5 Å². The molecule has 0 amide bonds. The number of carbonyl (C=O) groups is 1. The molecule has 1 aromatic carbocycles. The Labute approximate surface area is 123 Å². The van der Waals surface area contributed by atoms with Gasteiger partial charge in [-0.15, -0.1) is 0 Å². The predicted molar refractivity (Wildman–Crippen MR) is 76.2 cm³/mol. The Hall–Kier alpha value is -1.33. The van der Waals surface area contributed by atoms with Crippen molar-refractivity contribution in [3.8, 4) is 0 Å². The summed E-state index contributed by atoms with van der Waals surface area (Å²) in [5.74, 6) is -1.15. The van der Waals surface area contributed by atoms with Crippen molar-refractivity contribution in [2.45, 2.75) is 32.2 Å². The van der Waals surface area contributed by atoms with Crippen LogP contribution in [0.3, 0.4) is 0 Å². The zero-order chi connectivity index (χ0) is 15.5. The molecule has 1 aliphatic rings. The molecule has 0 N–H and O–H groups in total. The molecule has 0 bridgehead atoms. The number of Topliss-reactive ketones (excluding diaryl/α,β-unsaturated/α-hetero) is 1. The van der Waals surface area contributed by atoms with E-state index in [4.69, 9.17) is 4.74 Å². The molecule has 2 rings (SSSR count). The summed E-state index contributed by atoms with van der Waals surface area (Å²) in [6, 6.07) is 3.23. The monoisotopic (exact) mass is 297 g/mol. The molecule has 21 heavy (non-hydrogen) atoms. The van der Waals surface area contributed by atoms with Crippen LogP contribution in [0.25, 0.3) is 0 Å². The van der Waals surface area contributed by atoms with E-state index in [0.29, 0.717) is 32.7 Å². The molecule has 5 heteroatoms. The van der Waals surface area contributed by atoms with Crippen molar-refractivity contribution < 1.29 is 18.3 Å². The van der Waals surface area contributed by atoms with Gasteiger partial charge in [-0.1, -0.05) is 6.92 Å². The lowest BCUT2D eigenvalue weighted by Gasteiger charge is -2.41. The van der Waals surface area contributed by atoms with Gasteiger partial charge in [-0.05, 0) is 37.1 Å². The SMILES string of the molecule is CCC(C)(C(=O)Cc1cc(F)ccc1F)N1CCOCC1. The molecule has 1 atom stereocenters. The van der Waals surface area contributed by atoms with Gasteiger partial charge in [0.2, 0.25) is 0 Å². The van der Waals surface area contributed by atoms with Crippen LogP contribution in [0, 0.1) is 11.6 Å². The molecule has 1 aromatic rings. The van der Waals surface area contributed by atoms with Crippen LogP contribution < -0.4 is 0 Å². The number of rotatable bonds is 5. The molecule has 0 aromatic heterocycles. The lowest BCUT2D eigenvalue weighted by molar-refractivity contribution is -0.133. The Morgan fingerprint density at radius 2 is 2.00 bits per heavy atom. The molecular weight excluding hydrogens is 276 g/mol. The lowest BCUT2D eigenvalue weighted by Crippen LogP contribution is -2.56. The quantitative estimate of drug-likeness (QED) is 0.836. The third-order valence-electron chi connectivity index (χ3n) is 4.36. The second-order valence-electron chi connectivity index (χ2n) is 5.56. The van der Waals surface area contributed by atoms with E-state index in [1.807, 2.05) is 13.8 Å². The van der Waals surface area contributed by atoms with Gasteiger partial charge in [0.05, 0.1) is 18.8 Å². The van der Waals surface area contributed by atoms with E-state index >= 15 is 0 Å². The molecule has 1 fully saturated rings. The number of morpholine rings is 1. The number of nitrogens with zero attached hydrogens (tertiary/aromatic N) is 1. The summed E-state index contributed by atoms with van der Waals surface area (Å²) in [5, 5.41) is 0. The maximum atomic E-state index is 13.7. The number of ketones is 1. The van der Waals surface area contributed by atoms with Gasteiger partial charge in [0, 0.05) is 19.5 Å². The first-order valence-corrected chi connectivity index (χ1v) is 7.27. The molecule has 3 nitrogen and oxygen atoms in total. The summed E-state index contributed by atoms with van der Waals surface area (Å²) in [7, 11) is 0. The van der Waals surface area contributed by atoms with Crippen LogP contribution in [0.5, 0.6) is 0 Å². The molecule has 0 radical (unpaired) electrons. The molecule has 1 unspecified atom stereocenters. The summed E-state index contributed by atoms with van der Waals surface area (Å²) in [5.41, 5.74) is -0.546. The van der Waals surface area contributed by atoms with Crippen molar-refractivity contribution in [2.75, 3.05) is 26.3 Å². The molecule has 1 heterocycles. The normalized spacial score (nSPS) is 19.2. The van der Waals surface area contributed by atoms with Gasteiger partial charge >= 0.3 is 0 Å². The maximum Gasteiger partial charge on any atom is 0.157 e. The Bertz CT molecular complexity index is 515. The first-order valence-electron chi connectivity index (χ1n) is 7.27. The highest BCUT2D eigenvalue weighted by molar-refractivity contribution is 5.89. The van der Waals surface area contributed by atoms with Crippen LogP contribution in [0.15, 0.2) is 18.2 Å². The molecule has 116 valence electrons. The fourth-order valence-corrected chi connectivity index (χ4v) is 2.70. The molecule has 1 saturated heterocycles. The highest BCUT2D eigenvalue weighted by Gasteiger charge is 2.38. The maximum absolute atomic E-state index is 13.7. The second kappa shape index (κ2) is 6.62. The van der Waals surface area contributed by atoms with Crippen LogP contribution in [0.1, 0.15) is 25.8 Å². The summed E-state index contributed by atoms with van der Waals surface area (Å²) in [4.78, 5) is 14.7. The van der Waals surface area contributed by atoms with Crippen molar-refractivity contribution in [3.63, 3.8) is 0 Å². The summed E-state index contributed by atoms with van der Waals surface area (Å²) in [6.07, 6.45) is 0.536. The van der Waals surface area contributed by atoms with Crippen molar-refractivity contribution in [2.24, 2.45) is 0 Å². The van der Waals surface area contributed by atoms with Crippen molar-refractivity contribution >= 4 is 5.78 Å². The smallest absolute Gasteiger partial charge is 0.157 e. The molecular formula is C16H21F2NO2. The van der Waals surface area contributed by atoms with Crippen molar-refractivity contribution in [1.29, 1.82) is 0 Å². The first-order chi connectivity index (χ1) is 9.97. The first kappa shape index (κ1) is 16.0. The average Bonchev–Trinajstić information content (AvgIpc) is 2.51. The average molecular weight is 297 g/mol. The minimum absolute atomic E-state index is 0.0867. The summed E-state index contributed by atoms with van der Waals surface area (Å²) < 4.78 is 32.2. The largest absolute Gasteiger partial charge is 0.379 e. The van der Waals surface area contributed by atoms with Crippen LogP contribution in [-0.2, 0) is 16.0 Å². The van der Waals surface area contributed by atoms with Crippen LogP contribution in [0.4, 0.5) is 8.78 Å². The van der Waals surface area contributed by atoms with E-state index in [1.54, 1.807) is 0 Å². The number of hydrogen-bond donors (Lipinski definition) is 0. The fourth-order valence-electron chi connectivity index (χ4n) is 2.70. The van der Waals surface area contributed by atoms with Crippen molar-refractivity contribution in [3.05, 3.63) is 35.4 Å². The van der Waals surface area contributed by atoms with Gasteiger partial charge in [0.1, 0.15) is 11.6 Å². The van der Waals surface area contributed by atoms with Crippen LogP contribution >= 0.6 is 0 Å². The number of benzene rings is 1. The predicted octanol–water partition coefficient (Wildman–Crippen LogP) is 2.58. The lowest BCUT2D eigenvalue weighted by atomic mass is 9.87. The molecule has 1 aliphatic heterocycles. The van der Waals surface area contributed by atoms with Gasteiger partial charge in [-0.2, -0.15) is 0 Å². The van der Waals surface area contributed by atoms with E-state index in [1.165, 1.54) is 0 Å². The third-order valence-corrected chi connectivity index (χ3v) is 4.36. The Balaban J connectivity index is 2.17. The van der Waals surface area contributed by atoms with E-state index in [2.05, 4.69) is 4.90 Å². The fraction of sp³-hybridized carbons (Fsp3) is 0.562. The zero-order valence-corrected chi connectivity index (χ0v) is 12.5. The Kier molecular flexibility index (Phi) is 5.06. The second-order valence-corrected chi connectivity index (χ2v) is 5.56. The summed E-state index contributed by atoms with van der Waals surface area (Å²) >= 11 is 0. The number of hydrogen-bond acceptors (Lipinski definition) is 3. The van der Waals surface area contributed by atoms with Crippen LogP contribution in [0.2, 0.25) is 0 Å². The minimum atomic E-state index is -0.664. The number of carbonyl (C=O) groups excluding carboxylic acids is 1. The van der Waals surface area contributed by atoms with Gasteiger partial charge in [0.15, 0.2) is 5.78 Å². The van der Waals surface area contributed by atoms with E-state index in [9.17, 15) is 13.6 Å². The number of ether oxygens (including phenoxy) is 1.